The van der Waals surface area contributed by atoms with Crippen LogP contribution < -0.4 is 5.32 Å². The highest BCUT2D eigenvalue weighted by Crippen LogP contribution is 2.29. The van der Waals surface area contributed by atoms with E-state index in [4.69, 9.17) is 9.47 Å². The van der Waals surface area contributed by atoms with Crippen molar-refractivity contribution in [2.45, 2.75) is 43.4 Å². The van der Waals surface area contributed by atoms with Gasteiger partial charge < -0.3 is 30.1 Å². The van der Waals surface area contributed by atoms with Gasteiger partial charge in [-0.3, -0.25) is 0 Å². The van der Waals surface area contributed by atoms with Gasteiger partial charge in [-0.05, 0) is 17.7 Å². The monoisotopic (exact) mass is 351 g/mol. The fraction of sp³-hybridized carbons (Fsp3) is 0.600. The molecule has 0 unspecified atom stereocenters. The summed E-state index contributed by atoms with van der Waals surface area (Å²) in [6.07, 6.45) is -8.79. The highest BCUT2D eigenvalue weighted by atomic mass is 19.4. The lowest BCUT2D eigenvalue weighted by Crippen LogP contribution is -2.63. The SMILES string of the molecule is CO[C@H]1O[C@H](CO)[C@@H](O)[C@H](NCc2ccc(C(F)(F)F)cc2)[C@H]1O. The van der Waals surface area contributed by atoms with Gasteiger partial charge in [0.2, 0.25) is 0 Å². The van der Waals surface area contributed by atoms with E-state index in [9.17, 15) is 28.5 Å². The van der Waals surface area contributed by atoms with Crippen LogP contribution in [0.25, 0.3) is 0 Å². The van der Waals surface area contributed by atoms with Crippen LogP contribution in [0.5, 0.6) is 0 Å². The van der Waals surface area contributed by atoms with E-state index in [0.29, 0.717) is 5.56 Å². The summed E-state index contributed by atoms with van der Waals surface area (Å²) >= 11 is 0. The first-order chi connectivity index (χ1) is 11.3. The van der Waals surface area contributed by atoms with Crippen LogP contribution in [0.1, 0.15) is 11.1 Å². The molecule has 0 spiro atoms. The number of ether oxygens (including phenoxy) is 2. The smallest absolute Gasteiger partial charge is 0.394 e. The second kappa shape index (κ2) is 7.77. The van der Waals surface area contributed by atoms with E-state index >= 15 is 0 Å². The molecule has 1 aliphatic rings. The molecule has 0 radical (unpaired) electrons. The molecule has 24 heavy (non-hydrogen) atoms. The summed E-state index contributed by atoms with van der Waals surface area (Å²) in [5, 5.41) is 32.4. The summed E-state index contributed by atoms with van der Waals surface area (Å²) in [4.78, 5) is 0. The normalized spacial score (nSPS) is 31.2. The molecule has 0 saturated carbocycles. The minimum Gasteiger partial charge on any atom is -0.394 e. The van der Waals surface area contributed by atoms with Gasteiger partial charge in [-0.2, -0.15) is 13.2 Å². The summed E-state index contributed by atoms with van der Waals surface area (Å²) in [6.45, 7) is -0.349. The van der Waals surface area contributed by atoms with Crippen LogP contribution in [-0.4, -0.2) is 59.7 Å². The predicted octanol–water partition coefficient (Wildman–Crippen LogP) is 0.249. The predicted molar refractivity (Wildman–Crippen MR) is 76.8 cm³/mol. The number of rotatable bonds is 5. The third kappa shape index (κ3) is 4.24. The number of nitrogens with one attached hydrogen (secondary N) is 1. The maximum absolute atomic E-state index is 12.5. The zero-order valence-electron chi connectivity index (χ0n) is 12.9. The van der Waals surface area contributed by atoms with Crippen molar-refractivity contribution >= 4 is 0 Å². The fourth-order valence-corrected chi connectivity index (χ4v) is 2.57. The van der Waals surface area contributed by atoms with Crippen LogP contribution in [0.4, 0.5) is 13.2 Å². The summed E-state index contributed by atoms with van der Waals surface area (Å²) in [5.41, 5.74) is -0.208. The third-order valence-electron chi connectivity index (χ3n) is 3.94. The molecule has 0 aliphatic carbocycles. The molecule has 9 heteroatoms. The topological polar surface area (TPSA) is 91.2 Å². The van der Waals surface area contributed by atoms with E-state index in [2.05, 4.69) is 5.32 Å². The van der Waals surface area contributed by atoms with Gasteiger partial charge in [-0.25, -0.2) is 0 Å². The second-order valence-corrected chi connectivity index (χ2v) is 5.54. The number of hydrogen-bond acceptors (Lipinski definition) is 6. The lowest BCUT2D eigenvalue weighted by Gasteiger charge is -2.42. The van der Waals surface area contributed by atoms with E-state index in [0.717, 1.165) is 12.1 Å². The molecule has 136 valence electrons. The lowest BCUT2D eigenvalue weighted by molar-refractivity contribution is -0.271. The molecule has 4 N–H and O–H groups in total. The van der Waals surface area contributed by atoms with E-state index in [1.807, 2.05) is 0 Å². The van der Waals surface area contributed by atoms with E-state index in [1.165, 1.54) is 19.2 Å². The largest absolute Gasteiger partial charge is 0.416 e. The van der Waals surface area contributed by atoms with Gasteiger partial charge >= 0.3 is 6.18 Å². The first-order valence-corrected chi connectivity index (χ1v) is 7.32. The Morgan fingerprint density at radius 2 is 1.79 bits per heavy atom. The molecule has 1 heterocycles. The molecular formula is C15H20F3NO5. The first-order valence-electron chi connectivity index (χ1n) is 7.32. The molecule has 0 bridgehead atoms. The quantitative estimate of drug-likeness (QED) is 0.608. The maximum Gasteiger partial charge on any atom is 0.416 e. The van der Waals surface area contributed by atoms with E-state index < -0.39 is 49.0 Å². The van der Waals surface area contributed by atoms with Crippen molar-refractivity contribution in [2.24, 2.45) is 0 Å². The molecule has 0 amide bonds. The number of alkyl halides is 3. The Morgan fingerprint density at radius 3 is 2.29 bits per heavy atom. The molecule has 1 saturated heterocycles. The maximum atomic E-state index is 12.5. The zero-order chi connectivity index (χ0) is 17.9. The standard InChI is InChI=1S/C15H20F3NO5/c1-23-14-13(22)11(12(21)10(7-20)24-14)19-6-8-2-4-9(5-3-8)15(16,17)18/h2-5,10-14,19-22H,6-7H2,1H3/t10-,11+,12-,13-,14+/m1/s1. The minimum absolute atomic E-state index is 0.117. The third-order valence-corrected chi connectivity index (χ3v) is 3.94. The molecular weight excluding hydrogens is 331 g/mol. The summed E-state index contributed by atoms with van der Waals surface area (Å²) in [7, 11) is 1.31. The Balaban J connectivity index is 2.03. The summed E-state index contributed by atoms with van der Waals surface area (Å²) in [5.74, 6) is 0. The number of methoxy groups -OCH3 is 1. The van der Waals surface area contributed by atoms with Crippen molar-refractivity contribution < 1.29 is 38.0 Å². The zero-order valence-corrected chi connectivity index (χ0v) is 12.9. The number of aliphatic hydroxyl groups is 3. The molecule has 1 aliphatic heterocycles. The second-order valence-electron chi connectivity index (χ2n) is 5.54. The van der Waals surface area contributed by atoms with Gasteiger partial charge in [-0.15, -0.1) is 0 Å². The molecule has 1 fully saturated rings. The van der Waals surface area contributed by atoms with Crippen molar-refractivity contribution in [3.05, 3.63) is 35.4 Å². The molecule has 1 aromatic rings. The Morgan fingerprint density at radius 1 is 1.17 bits per heavy atom. The molecule has 1 aromatic carbocycles. The minimum atomic E-state index is -4.40. The van der Waals surface area contributed by atoms with Gasteiger partial charge in [0.1, 0.15) is 18.3 Å². The number of benzene rings is 1. The highest BCUT2D eigenvalue weighted by molar-refractivity contribution is 5.24. The van der Waals surface area contributed by atoms with E-state index in [-0.39, 0.29) is 6.54 Å². The Kier molecular flexibility index (Phi) is 6.18. The number of hydrogen-bond donors (Lipinski definition) is 4. The lowest BCUT2D eigenvalue weighted by atomic mass is 9.96. The first kappa shape index (κ1) is 19.1. The van der Waals surface area contributed by atoms with Crippen molar-refractivity contribution in [3.8, 4) is 0 Å². The molecule has 6 nitrogen and oxygen atoms in total. The van der Waals surface area contributed by atoms with Crippen molar-refractivity contribution in [1.29, 1.82) is 0 Å². The Hall–Kier alpha value is -1.23. The van der Waals surface area contributed by atoms with E-state index in [1.54, 1.807) is 0 Å². The van der Waals surface area contributed by atoms with Crippen LogP contribution in [0, 0.1) is 0 Å². The van der Waals surface area contributed by atoms with Crippen LogP contribution in [0.15, 0.2) is 24.3 Å². The summed E-state index contributed by atoms with van der Waals surface area (Å²) < 4.78 is 47.8. The Bertz CT molecular complexity index is 509. The highest BCUT2D eigenvalue weighted by Gasteiger charge is 2.44. The van der Waals surface area contributed by atoms with Crippen LogP contribution in [-0.2, 0) is 22.2 Å². The van der Waals surface area contributed by atoms with Gasteiger partial charge in [0, 0.05) is 13.7 Å². The van der Waals surface area contributed by atoms with Crippen molar-refractivity contribution in [1.82, 2.24) is 5.32 Å². The van der Waals surface area contributed by atoms with Gasteiger partial charge in [0.15, 0.2) is 6.29 Å². The van der Waals surface area contributed by atoms with Gasteiger partial charge in [0.25, 0.3) is 0 Å². The number of halogens is 3. The molecule has 2 rings (SSSR count). The van der Waals surface area contributed by atoms with Crippen LogP contribution in [0.3, 0.4) is 0 Å². The van der Waals surface area contributed by atoms with Gasteiger partial charge in [0.05, 0.1) is 18.2 Å². The molecule has 0 aromatic heterocycles. The van der Waals surface area contributed by atoms with Crippen LogP contribution >= 0.6 is 0 Å². The number of aliphatic hydroxyl groups excluding tert-OH is 3. The van der Waals surface area contributed by atoms with Crippen LogP contribution in [0.2, 0.25) is 0 Å². The fourth-order valence-electron chi connectivity index (χ4n) is 2.57. The average Bonchev–Trinajstić information content (AvgIpc) is 2.54. The summed E-state index contributed by atoms with van der Waals surface area (Å²) in [6, 6.07) is 3.67. The molecule has 5 atom stereocenters. The van der Waals surface area contributed by atoms with Gasteiger partial charge in [-0.1, -0.05) is 12.1 Å². The Labute approximate surface area is 136 Å². The van der Waals surface area contributed by atoms with Crippen molar-refractivity contribution in [2.75, 3.05) is 13.7 Å². The van der Waals surface area contributed by atoms with Crippen molar-refractivity contribution in [3.63, 3.8) is 0 Å². The average molecular weight is 351 g/mol.